The minimum Gasteiger partial charge on any atom is -0.353 e. The molecule has 0 aromatic carbocycles. The lowest BCUT2D eigenvalue weighted by atomic mass is 10.1. The molecule has 1 aliphatic rings. The number of nitrogens with zero attached hydrogens (tertiary/aromatic N) is 1. The van der Waals surface area contributed by atoms with Crippen molar-refractivity contribution in [2.24, 2.45) is 5.92 Å². The van der Waals surface area contributed by atoms with E-state index in [2.05, 4.69) is 10.6 Å². The van der Waals surface area contributed by atoms with Gasteiger partial charge in [0.05, 0.1) is 0 Å². The number of likely N-dealkylation sites (N-methyl/N-ethyl adjacent to an activating group) is 1. The van der Waals surface area contributed by atoms with Crippen molar-refractivity contribution in [1.29, 1.82) is 0 Å². The first-order valence-electron chi connectivity index (χ1n) is 6.72. The van der Waals surface area contributed by atoms with E-state index in [4.69, 9.17) is 0 Å². The lowest BCUT2D eigenvalue weighted by Crippen LogP contribution is -2.49. The highest BCUT2D eigenvalue weighted by atomic mass is 35.5. The second kappa shape index (κ2) is 8.38. The standard InChI is InChI=1S/C13H25N3O2.ClH/c1-9(2)13(18)16-7-5-6-11(16)12(17)15-8-10(3)14-4;/h9-11,14H,5-8H2,1-4H3,(H,15,17);1H. The average Bonchev–Trinajstić information content (AvgIpc) is 2.83. The number of hydrogen-bond acceptors (Lipinski definition) is 3. The van der Waals surface area contributed by atoms with Gasteiger partial charge in [-0.05, 0) is 26.8 Å². The molecule has 0 aliphatic carbocycles. The van der Waals surface area contributed by atoms with Gasteiger partial charge in [-0.1, -0.05) is 13.8 Å². The molecule has 19 heavy (non-hydrogen) atoms. The van der Waals surface area contributed by atoms with Gasteiger partial charge in [0, 0.05) is 25.0 Å². The predicted molar refractivity (Wildman–Crippen MR) is 78.4 cm³/mol. The van der Waals surface area contributed by atoms with Gasteiger partial charge < -0.3 is 15.5 Å². The highest BCUT2D eigenvalue weighted by molar-refractivity contribution is 5.88. The van der Waals surface area contributed by atoms with Crippen molar-refractivity contribution in [2.45, 2.75) is 45.7 Å². The number of nitrogens with one attached hydrogen (secondary N) is 2. The highest BCUT2D eigenvalue weighted by Gasteiger charge is 2.34. The molecule has 1 aliphatic heterocycles. The fourth-order valence-electron chi connectivity index (χ4n) is 2.11. The Balaban J connectivity index is 0.00000324. The molecule has 1 fully saturated rings. The Hall–Kier alpha value is -0.810. The van der Waals surface area contributed by atoms with Crippen molar-refractivity contribution in [2.75, 3.05) is 20.1 Å². The van der Waals surface area contributed by atoms with Crippen LogP contribution in [0, 0.1) is 5.92 Å². The zero-order valence-electron chi connectivity index (χ0n) is 12.2. The van der Waals surface area contributed by atoms with E-state index in [-0.39, 0.29) is 42.2 Å². The lowest BCUT2D eigenvalue weighted by molar-refractivity contribution is -0.140. The first-order valence-corrected chi connectivity index (χ1v) is 6.72. The molecule has 0 radical (unpaired) electrons. The summed E-state index contributed by atoms with van der Waals surface area (Å²) < 4.78 is 0. The molecular formula is C13H26ClN3O2. The SMILES string of the molecule is CNC(C)CNC(=O)C1CCCN1C(=O)C(C)C.Cl. The molecule has 0 bridgehead atoms. The molecule has 1 saturated heterocycles. The van der Waals surface area contributed by atoms with Crippen LogP contribution in [0.25, 0.3) is 0 Å². The summed E-state index contributed by atoms with van der Waals surface area (Å²) in [5, 5.41) is 5.97. The van der Waals surface area contributed by atoms with Crippen LogP contribution in [-0.4, -0.2) is 48.9 Å². The Morgan fingerprint density at radius 3 is 2.47 bits per heavy atom. The average molecular weight is 292 g/mol. The fraction of sp³-hybridized carbons (Fsp3) is 0.846. The Kier molecular flexibility index (Phi) is 8.02. The van der Waals surface area contributed by atoms with Crippen LogP contribution in [0.2, 0.25) is 0 Å². The Bertz CT molecular complexity index is 310. The van der Waals surface area contributed by atoms with Crippen molar-refractivity contribution in [3.8, 4) is 0 Å². The molecule has 2 amide bonds. The first kappa shape index (κ1) is 18.2. The lowest BCUT2D eigenvalue weighted by Gasteiger charge is -2.26. The van der Waals surface area contributed by atoms with Crippen LogP contribution in [0.4, 0.5) is 0 Å². The maximum absolute atomic E-state index is 12.1. The van der Waals surface area contributed by atoms with Crippen molar-refractivity contribution in [3.63, 3.8) is 0 Å². The zero-order chi connectivity index (χ0) is 13.7. The van der Waals surface area contributed by atoms with E-state index in [0.29, 0.717) is 13.1 Å². The van der Waals surface area contributed by atoms with Crippen LogP contribution < -0.4 is 10.6 Å². The molecule has 5 nitrogen and oxygen atoms in total. The minimum absolute atomic E-state index is 0. The maximum atomic E-state index is 12.1. The second-order valence-corrected chi connectivity index (χ2v) is 5.28. The number of halogens is 1. The van der Waals surface area contributed by atoms with Crippen LogP contribution in [0.3, 0.4) is 0 Å². The molecule has 0 aromatic heterocycles. The van der Waals surface area contributed by atoms with Gasteiger partial charge in [-0.25, -0.2) is 0 Å². The summed E-state index contributed by atoms with van der Waals surface area (Å²) in [7, 11) is 1.86. The Labute approximate surface area is 121 Å². The minimum atomic E-state index is -0.274. The van der Waals surface area contributed by atoms with Crippen LogP contribution >= 0.6 is 12.4 Å². The molecule has 2 unspecified atom stereocenters. The highest BCUT2D eigenvalue weighted by Crippen LogP contribution is 2.19. The molecule has 0 spiro atoms. The first-order chi connectivity index (χ1) is 8.47. The van der Waals surface area contributed by atoms with Crippen LogP contribution in [0.1, 0.15) is 33.6 Å². The molecule has 0 saturated carbocycles. The third-order valence-corrected chi connectivity index (χ3v) is 3.41. The van der Waals surface area contributed by atoms with Gasteiger partial charge in [0.25, 0.3) is 0 Å². The number of hydrogen-bond donors (Lipinski definition) is 2. The Morgan fingerprint density at radius 1 is 1.32 bits per heavy atom. The van der Waals surface area contributed by atoms with Gasteiger partial charge in [-0.3, -0.25) is 9.59 Å². The van der Waals surface area contributed by atoms with Gasteiger partial charge in [0.2, 0.25) is 11.8 Å². The quantitative estimate of drug-likeness (QED) is 0.787. The molecule has 1 rings (SSSR count). The van der Waals surface area contributed by atoms with Gasteiger partial charge in [0.1, 0.15) is 6.04 Å². The summed E-state index contributed by atoms with van der Waals surface area (Å²) in [5.74, 6) is 0.00699. The number of carbonyl (C=O) groups excluding carboxylic acids is 2. The number of carbonyl (C=O) groups is 2. The third kappa shape index (κ3) is 4.99. The fourth-order valence-corrected chi connectivity index (χ4v) is 2.11. The van der Waals surface area contributed by atoms with Gasteiger partial charge in [-0.2, -0.15) is 0 Å². The summed E-state index contributed by atoms with van der Waals surface area (Å²) in [6.07, 6.45) is 1.69. The largest absolute Gasteiger partial charge is 0.353 e. The molecule has 1 heterocycles. The van der Waals surface area contributed by atoms with Crippen LogP contribution in [0.5, 0.6) is 0 Å². The van der Waals surface area contributed by atoms with E-state index in [1.54, 1.807) is 4.90 Å². The molecule has 6 heteroatoms. The molecule has 112 valence electrons. The monoisotopic (exact) mass is 291 g/mol. The van der Waals surface area contributed by atoms with E-state index in [0.717, 1.165) is 12.8 Å². The Morgan fingerprint density at radius 2 is 1.95 bits per heavy atom. The zero-order valence-corrected chi connectivity index (χ0v) is 13.0. The predicted octanol–water partition coefficient (Wildman–Crippen LogP) is 0.779. The van der Waals surface area contributed by atoms with E-state index >= 15 is 0 Å². The van der Waals surface area contributed by atoms with Gasteiger partial charge >= 0.3 is 0 Å². The number of rotatable bonds is 5. The summed E-state index contributed by atoms with van der Waals surface area (Å²) in [5.41, 5.74) is 0. The third-order valence-electron chi connectivity index (χ3n) is 3.41. The summed E-state index contributed by atoms with van der Waals surface area (Å²) >= 11 is 0. The normalized spacial score (nSPS) is 20.1. The van der Waals surface area contributed by atoms with Crippen LogP contribution in [-0.2, 0) is 9.59 Å². The number of likely N-dealkylation sites (tertiary alicyclic amines) is 1. The van der Waals surface area contributed by atoms with Crippen LogP contribution in [0.15, 0.2) is 0 Å². The molecule has 2 atom stereocenters. The second-order valence-electron chi connectivity index (χ2n) is 5.28. The molecule has 2 N–H and O–H groups in total. The topological polar surface area (TPSA) is 61.4 Å². The van der Waals surface area contributed by atoms with Crippen molar-refractivity contribution in [3.05, 3.63) is 0 Å². The smallest absolute Gasteiger partial charge is 0.242 e. The number of amides is 2. The van der Waals surface area contributed by atoms with E-state index < -0.39 is 0 Å². The van der Waals surface area contributed by atoms with Crippen molar-refractivity contribution in [1.82, 2.24) is 15.5 Å². The molecular weight excluding hydrogens is 266 g/mol. The summed E-state index contributed by atoms with van der Waals surface area (Å²) in [6.45, 7) is 7.05. The summed E-state index contributed by atoms with van der Waals surface area (Å²) in [6, 6.07) is -0.0337. The van der Waals surface area contributed by atoms with E-state index in [9.17, 15) is 9.59 Å². The van der Waals surface area contributed by atoms with Crippen molar-refractivity contribution >= 4 is 24.2 Å². The van der Waals surface area contributed by atoms with Gasteiger partial charge in [-0.15, -0.1) is 12.4 Å². The van der Waals surface area contributed by atoms with E-state index in [1.165, 1.54) is 0 Å². The maximum Gasteiger partial charge on any atom is 0.242 e. The summed E-state index contributed by atoms with van der Waals surface area (Å²) in [4.78, 5) is 25.8. The van der Waals surface area contributed by atoms with Gasteiger partial charge in [0.15, 0.2) is 0 Å². The van der Waals surface area contributed by atoms with E-state index in [1.807, 2.05) is 27.8 Å². The molecule has 0 aromatic rings. The van der Waals surface area contributed by atoms with Crippen molar-refractivity contribution < 1.29 is 9.59 Å².